The predicted octanol–water partition coefficient (Wildman–Crippen LogP) is 2.52. The molecule has 1 saturated carbocycles. The van der Waals surface area contributed by atoms with Crippen LogP contribution in [-0.2, 0) is 0 Å². The molecule has 1 aliphatic carbocycles. The van der Waals surface area contributed by atoms with Crippen LogP contribution in [0.25, 0.3) is 11.0 Å². The van der Waals surface area contributed by atoms with Gasteiger partial charge in [-0.05, 0) is 49.9 Å². The highest BCUT2D eigenvalue weighted by Crippen LogP contribution is 2.30. The lowest BCUT2D eigenvalue weighted by Crippen LogP contribution is -2.27. The molecular formula is C20H20N4O3. The van der Waals surface area contributed by atoms with Gasteiger partial charge in [-0.2, -0.15) is 0 Å². The maximum absolute atomic E-state index is 12.9. The number of carbonyl (C=O) groups excluding carboxylic acids is 1. The minimum Gasteiger partial charge on any atom is -0.393 e. The van der Waals surface area contributed by atoms with Crippen LogP contribution in [0.3, 0.4) is 0 Å². The fraction of sp³-hybridized carbons (Fsp3) is 0.300. The zero-order chi connectivity index (χ0) is 18.8. The van der Waals surface area contributed by atoms with Crippen LogP contribution in [0.2, 0.25) is 0 Å². The van der Waals surface area contributed by atoms with Gasteiger partial charge >= 0.3 is 0 Å². The summed E-state index contributed by atoms with van der Waals surface area (Å²) >= 11 is 0. The lowest BCUT2D eigenvalue weighted by atomic mass is 9.92. The van der Waals surface area contributed by atoms with Crippen LogP contribution in [0.4, 0.5) is 5.69 Å². The first-order valence-electron chi connectivity index (χ1n) is 9.03. The number of nitrogens with zero attached hydrogens (tertiary/aromatic N) is 3. The average Bonchev–Trinajstić information content (AvgIpc) is 2.70. The van der Waals surface area contributed by atoms with Crippen molar-refractivity contribution < 1.29 is 9.90 Å². The van der Waals surface area contributed by atoms with Gasteiger partial charge < -0.3 is 15.0 Å². The third kappa shape index (κ3) is 3.46. The molecule has 27 heavy (non-hydrogen) atoms. The van der Waals surface area contributed by atoms with E-state index in [1.165, 1.54) is 6.20 Å². The molecular weight excluding hydrogens is 344 g/mol. The highest BCUT2D eigenvalue weighted by atomic mass is 16.3. The number of aromatic nitrogens is 3. The largest absolute Gasteiger partial charge is 0.393 e. The second-order valence-corrected chi connectivity index (χ2v) is 6.81. The number of pyridine rings is 3. The first-order valence-corrected chi connectivity index (χ1v) is 9.03. The van der Waals surface area contributed by atoms with E-state index in [0.29, 0.717) is 29.6 Å². The molecule has 1 aliphatic rings. The predicted molar refractivity (Wildman–Crippen MR) is 102 cm³/mol. The van der Waals surface area contributed by atoms with E-state index in [-0.39, 0.29) is 23.1 Å². The van der Waals surface area contributed by atoms with Crippen molar-refractivity contribution in [3.8, 4) is 0 Å². The monoisotopic (exact) mass is 364 g/mol. The minimum atomic E-state index is -0.469. The molecule has 0 radical (unpaired) electrons. The fourth-order valence-electron chi connectivity index (χ4n) is 3.60. The standard InChI is InChI=1S/C20H20N4O3/c25-15-7-5-14(6-8-15)24-12-17(18(26)16-4-2-10-22-19(16)24)20(27)23-13-3-1-9-21-11-13/h1-4,9-12,14-15,25H,5-8H2,(H,23,27). The summed E-state index contributed by atoms with van der Waals surface area (Å²) in [4.78, 5) is 34.0. The molecule has 3 aromatic rings. The topological polar surface area (TPSA) is 97.1 Å². The summed E-state index contributed by atoms with van der Waals surface area (Å²) in [5.74, 6) is -0.469. The number of hydrogen-bond acceptors (Lipinski definition) is 5. The Labute approximate surface area is 155 Å². The first kappa shape index (κ1) is 17.4. The highest BCUT2D eigenvalue weighted by molar-refractivity contribution is 6.05. The third-order valence-electron chi connectivity index (χ3n) is 5.01. The molecule has 138 valence electrons. The molecule has 7 nitrogen and oxygen atoms in total. The Morgan fingerprint density at radius 1 is 1.15 bits per heavy atom. The summed E-state index contributed by atoms with van der Waals surface area (Å²) in [6.07, 6.45) is 9.05. The van der Waals surface area contributed by atoms with Crippen molar-refractivity contribution >= 4 is 22.6 Å². The number of aliphatic hydroxyl groups is 1. The van der Waals surface area contributed by atoms with E-state index < -0.39 is 5.91 Å². The van der Waals surface area contributed by atoms with Crippen LogP contribution in [0.15, 0.2) is 53.8 Å². The number of hydrogen-bond donors (Lipinski definition) is 2. The molecule has 1 amide bonds. The summed E-state index contributed by atoms with van der Waals surface area (Å²) in [6, 6.07) is 6.91. The maximum atomic E-state index is 12.9. The van der Waals surface area contributed by atoms with E-state index in [1.807, 2.05) is 4.57 Å². The molecule has 3 heterocycles. The van der Waals surface area contributed by atoms with Crippen molar-refractivity contribution in [2.45, 2.75) is 37.8 Å². The molecule has 0 unspecified atom stereocenters. The van der Waals surface area contributed by atoms with Crippen LogP contribution < -0.4 is 10.7 Å². The van der Waals surface area contributed by atoms with Gasteiger partial charge in [0.05, 0.1) is 23.4 Å². The molecule has 2 N–H and O–H groups in total. The minimum absolute atomic E-state index is 0.0745. The van der Waals surface area contributed by atoms with E-state index in [4.69, 9.17) is 0 Å². The Balaban J connectivity index is 1.78. The van der Waals surface area contributed by atoms with Crippen LogP contribution >= 0.6 is 0 Å². The lowest BCUT2D eigenvalue weighted by molar-refractivity contribution is 0.102. The summed E-state index contributed by atoms with van der Waals surface area (Å²) in [5.41, 5.74) is 0.833. The number of aliphatic hydroxyl groups excluding tert-OH is 1. The Bertz CT molecular complexity index is 1020. The van der Waals surface area contributed by atoms with Crippen molar-refractivity contribution in [2.24, 2.45) is 0 Å². The van der Waals surface area contributed by atoms with Gasteiger partial charge in [-0.15, -0.1) is 0 Å². The van der Waals surface area contributed by atoms with Crippen molar-refractivity contribution in [2.75, 3.05) is 5.32 Å². The van der Waals surface area contributed by atoms with Gasteiger partial charge in [0.15, 0.2) is 0 Å². The van der Waals surface area contributed by atoms with Gasteiger partial charge in [0, 0.05) is 24.6 Å². The Morgan fingerprint density at radius 2 is 1.93 bits per heavy atom. The Hall–Kier alpha value is -3.06. The molecule has 0 saturated heterocycles. The molecule has 0 aromatic carbocycles. The van der Waals surface area contributed by atoms with E-state index >= 15 is 0 Å². The summed E-state index contributed by atoms with van der Waals surface area (Å²) in [5, 5.41) is 12.9. The number of anilines is 1. The van der Waals surface area contributed by atoms with Crippen molar-refractivity contribution in [1.29, 1.82) is 0 Å². The van der Waals surface area contributed by atoms with Crippen LogP contribution in [0.1, 0.15) is 42.1 Å². The highest BCUT2D eigenvalue weighted by Gasteiger charge is 2.24. The van der Waals surface area contributed by atoms with Gasteiger partial charge in [0.25, 0.3) is 5.91 Å². The van der Waals surface area contributed by atoms with Gasteiger partial charge in [-0.3, -0.25) is 14.6 Å². The normalized spacial score (nSPS) is 19.7. The lowest BCUT2D eigenvalue weighted by Gasteiger charge is -2.28. The fourth-order valence-corrected chi connectivity index (χ4v) is 3.60. The van der Waals surface area contributed by atoms with Gasteiger partial charge in [0.1, 0.15) is 11.2 Å². The molecule has 0 spiro atoms. The molecule has 3 aromatic heterocycles. The van der Waals surface area contributed by atoms with Crippen LogP contribution in [0, 0.1) is 0 Å². The first-order chi connectivity index (χ1) is 13.1. The van der Waals surface area contributed by atoms with Gasteiger partial charge in [-0.25, -0.2) is 4.98 Å². The third-order valence-corrected chi connectivity index (χ3v) is 5.01. The van der Waals surface area contributed by atoms with E-state index in [1.54, 1.807) is 42.9 Å². The van der Waals surface area contributed by atoms with Crippen LogP contribution in [-0.4, -0.2) is 31.7 Å². The smallest absolute Gasteiger partial charge is 0.261 e. The van der Waals surface area contributed by atoms with E-state index in [2.05, 4.69) is 15.3 Å². The molecule has 0 atom stereocenters. The van der Waals surface area contributed by atoms with Gasteiger partial charge in [0.2, 0.25) is 5.43 Å². The summed E-state index contributed by atoms with van der Waals surface area (Å²) in [7, 11) is 0. The number of amides is 1. The molecule has 0 bridgehead atoms. The maximum Gasteiger partial charge on any atom is 0.261 e. The number of nitrogens with one attached hydrogen (secondary N) is 1. The zero-order valence-corrected chi connectivity index (χ0v) is 14.7. The van der Waals surface area contributed by atoms with Gasteiger partial charge in [-0.1, -0.05) is 0 Å². The number of rotatable bonds is 3. The van der Waals surface area contributed by atoms with Crippen molar-refractivity contribution in [3.63, 3.8) is 0 Å². The molecule has 7 heteroatoms. The Kier molecular flexibility index (Phi) is 4.68. The summed E-state index contributed by atoms with van der Waals surface area (Å²) < 4.78 is 1.92. The quantitative estimate of drug-likeness (QED) is 0.744. The molecule has 4 rings (SSSR count). The van der Waals surface area contributed by atoms with E-state index in [0.717, 1.165) is 12.8 Å². The van der Waals surface area contributed by atoms with E-state index in [9.17, 15) is 14.7 Å². The summed E-state index contributed by atoms with van der Waals surface area (Å²) in [6.45, 7) is 0. The average molecular weight is 364 g/mol. The molecule has 0 aliphatic heterocycles. The number of carbonyl (C=O) groups is 1. The Morgan fingerprint density at radius 3 is 2.67 bits per heavy atom. The number of fused-ring (bicyclic) bond motifs is 1. The van der Waals surface area contributed by atoms with Crippen LogP contribution in [0.5, 0.6) is 0 Å². The molecule has 1 fully saturated rings. The van der Waals surface area contributed by atoms with Crippen molar-refractivity contribution in [3.05, 3.63) is 64.8 Å². The van der Waals surface area contributed by atoms with Crippen molar-refractivity contribution in [1.82, 2.24) is 14.5 Å². The second kappa shape index (κ2) is 7.28. The zero-order valence-electron chi connectivity index (χ0n) is 14.7. The second-order valence-electron chi connectivity index (χ2n) is 6.81. The SMILES string of the molecule is O=C(Nc1cccnc1)c1cn(C2CCC(O)CC2)c2ncccc2c1=O.